The van der Waals surface area contributed by atoms with Gasteiger partial charge in [-0.15, -0.1) is 0 Å². The number of fused-ring (bicyclic) bond motifs is 4. The second kappa shape index (κ2) is 12.9. The van der Waals surface area contributed by atoms with Gasteiger partial charge in [0.15, 0.2) is 5.58 Å². The van der Waals surface area contributed by atoms with E-state index in [9.17, 15) is 0 Å². The van der Waals surface area contributed by atoms with Crippen molar-refractivity contribution in [2.75, 3.05) is 4.90 Å². The van der Waals surface area contributed by atoms with Crippen LogP contribution in [0, 0.1) is 0 Å². The summed E-state index contributed by atoms with van der Waals surface area (Å²) in [6.07, 6.45) is 0. The summed E-state index contributed by atoms with van der Waals surface area (Å²) >= 11 is 0. The molecule has 10 rings (SSSR count). The molecule has 0 aliphatic rings. The Labute approximate surface area is 306 Å². The third-order valence-corrected chi connectivity index (χ3v) is 9.90. The summed E-state index contributed by atoms with van der Waals surface area (Å²) in [6.45, 7) is 0. The first-order chi connectivity index (χ1) is 26.3. The topological polar surface area (TPSA) is 42.4 Å². The molecule has 2 heterocycles. The first kappa shape index (κ1) is 30.6. The predicted molar refractivity (Wildman–Crippen MR) is 218 cm³/mol. The third kappa shape index (κ3) is 5.54. The van der Waals surface area contributed by atoms with Crippen molar-refractivity contribution in [1.29, 1.82) is 0 Å². The number of anilines is 3. The summed E-state index contributed by atoms with van der Waals surface area (Å²) in [5.74, 6) is 0.584. The van der Waals surface area contributed by atoms with E-state index in [1.807, 2.05) is 54.6 Å². The van der Waals surface area contributed by atoms with Crippen molar-refractivity contribution in [2.45, 2.75) is 0 Å². The number of rotatable bonds is 7. The van der Waals surface area contributed by atoms with Gasteiger partial charge in [0.25, 0.3) is 0 Å². The molecule has 0 bridgehead atoms. The Morgan fingerprint density at radius 3 is 1.57 bits per heavy atom. The number of aromatic nitrogens is 1. The Morgan fingerprint density at radius 1 is 0.358 bits per heavy atom. The Bertz CT molecular complexity index is 2860. The van der Waals surface area contributed by atoms with E-state index < -0.39 is 0 Å². The van der Waals surface area contributed by atoms with Crippen LogP contribution in [-0.2, 0) is 0 Å². The van der Waals surface area contributed by atoms with Gasteiger partial charge in [0.2, 0.25) is 5.89 Å². The van der Waals surface area contributed by atoms with Crippen molar-refractivity contribution in [2.24, 2.45) is 0 Å². The summed E-state index contributed by atoms with van der Waals surface area (Å²) in [6, 6.07) is 67.4. The molecule has 0 radical (unpaired) electrons. The monoisotopic (exact) mass is 680 g/mol. The Balaban J connectivity index is 1.06. The lowest BCUT2D eigenvalue weighted by atomic mass is 9.98. The summed E-state index contributed by atoms with van der Waals surface area (Å²) in [7, 11) is 0. The van der Waals surface area contributed by atoms with Crippen molar-refractivity contribution in [3.63, 3.8) is 0 Å². The van der Waals surface area contributed by atoms with Crippen LogP contribution in [0.2, 0.25) is 0 Å². The maximum absolute atomic E-state index is 6.56. The summed E-state index contributed by atoms with van der Waals surface area (Å²) < 4.78 is 13.1. The van der Waals surface area contributed by atoms with Crippen molar-refractivity contribution >= 4 is 50.1 Å². The van der Waals surface area contributed by atoms with Gasteiger partial charge >= 0.3 is 0 Å². The van der Waals surface area contributed by atoms with Gasteiger partial charge < -0.3 is 13.7 Å². The molecule has 0 saturated carbocycles. The first-order valence-corrected chi connectivity index (χ1v) is 17.8. The highest BCUT2D eigenvalue weighted by atomic mass is 16.4. The van der Waals surface area contributed by atoms with Crippen molar-refractivity contribution < 1.29 is 8.83 Å². The van der Waals surface area contributed by atoms with Crippen LogP contribution in [0.15, 0.2) is 203 Å². The van der Waals surface area contributed by atoms with Gasteiger partial charge in [-0.05, 0) is 94.5 Å². The zero-order chi connectivity index (χ0) is 35.1. The van der Waals surface area contributed by atoms with E-state index in [1.165, 1.54) is 22.3 Å². The van der Waals surface area contributed by atoms with Crippen LogP contribution in [0.1, 0.15) is 0 Å². The molecule has 4 heteroatoms. The van der Waals surface area contributed by atoms with E-state index in [1.54, 1.807) is 0 Å². The van der Waals surface area contributed by atoms with Gasteiger partial charge in [-0.3, -0.25) is 0 Å². The Morgan fingerprint density at radius 2 is 0.887 bits per heavy atom. The van der Waals surface area contributed by atoms with Crippen molar-refractivity contribution in [3.8, 4) is 44.8 Å². The van der Waals surface area contributed by atoms with Crippen LogP contribution in [0.3, 0.4) is 0 Å². The quantitative estimate of drug-likeness (QED) is 0.168. The molecule has 0 N–H and O–H groups in total. The van der Waals surface area contributed by atoms with E-state index in [-0.39, 0.29) is 0 Å². The zero-order valence-corrected chi connectivity index (χ0v) is 28.7. The molecule has 53 heavy (non-hydrogen) atoms. The van der Waals surface area contributed by atoms with Crippen LogP contribution in [0.4, 0.5) is 17.1 Å². The highest BCUT2D eigenvalue weighted by Gasteiger charge is 2.22. The molecule has 10 aromatic rings. The maximum Gasteiger partial charge on any atom is 0.227 e. The van der Waals surface area contributed by atoms with Gasteiger partial charge in [0, 0.05) is 33.4 Å². The highest BCUT2D eigenvalue weighted by molar-refractivity contribution is 6.16. The van der Waals surface area contributed by atoms with E-state index in [0.717, 1.165) is 61.2 Å². The van der Waals surface area contributed by atoms with Crippen LogP contribution in [0.5, 0.6) is 0 Å². The molecule has 2 aromatic heterocycles. The lowest BCUT2D eigenvalue weighted by molar-refractivity contribution is 0.619. The number of para-hydroxylation sites is 2. The second-order valence-corrected chi connectivity index (χ2v) is 13.2. The molecular weight excluding hydrogens is 649 g/mol. The van der Waals surface area contributed by atoms with Crippen LogP contribution < -0.4 is 4.90 Å². The largest absolute Gasteiger partial charge is 0.455 e. The highest BCUT2D eigenvalue weighted by Crippen LogP contribution is 2.44. The van der Waals surface area contributed by atoms with Crippen molar-refractivity contribution in [3.05, 3.63) is 194 Å². The first-order valence-electron chi connectivity index (χ1n) is 17.8. The number of hydrogen-bond acceptors (Lipinski definition) is 4. The van der Waals surface area contributed by atoms with Gasteiger partial charge in [-0.1, -0.05) is 127 Å². The fourth-order valence-electron chi connectivity index (χ4n) is 7.32. The molecule has 0 unspecified atom stereocenters. The molecule has 0 aliphatic heterocycles. The SMILES string of the molecule is c1ccc(-c2cccc(-c3ccc(N(c4ccccc4)c4ccc(-c5c6oc(-c7ccccc7)nc6cc6c5oc5ccccc56)cc4)cc3)c2)cc1. The fraction of sp³-hybridized carbons (Fsp3) is 0. The minimum absolute atomic E-state index is 0.584. The lowest BCUT2D eigenvalue weighted by Crippen LogP contribution is -2.09. The summed E-state index contributed by atoms with van der Waals surface area (Å²) in [5.41, 5.74) is 13.9. The van der Waals surface area contributed by atoms with Gasteiger partial charge in [-0.2, -0.15) is 0 Å². The number of oxazole rings is 1. The number of furan rings is 1. The zero-order valence-electron chi connectivity index (χ0n) is 28.7. The second-order valence-electron chi connectivity index (χ2n) is 13.2. The minimum atomic E-state index is 0.584. The van der Waals surface area contributed by atoms with Crippen molar-refractivity contribution in [1.82, 2.24) is 4.98 Å². The van der Waals surface area contributed by atoms with Gasteiger partial charge in [0.05, 0.1) is 5.56 Å². The summed E-state index contributed by atoms with van der Waals surface area (Å²) in [4.78, 5) is 7.25. The summed E-state index contributed by atoms with van der Waals surface area (Å²) in [5, 5.41) is 2.07. The van der Waals surface area contributed by atoms with E-state index in [4.69, 9.17) is 13.8 Å². The average molecular weight is 681 g/mol. The number of hydrogen-bond donors (Lipinski definition) is 0. The normalized spacial score (nSPS) is 11.4. The van der Waals surface area contributed by atoms with Gasteiger partial charge in [0.1, 0.15) is 16.7 Å². The standard InChI is InChI=1S/C49H32N2O2/c1-4-13-33(14-5-1)37-17-12-18-38(31-37)34-23-27-40(28-24-34)51(39-19-8-3-9-20-39)41-29-25-35(26-30-41)46-47-43(42-21-10-11-22-45(42)52-47)32-44-48(46)53-49(50-44)36-15-6-2-7-16-36/h1-32H. The predicted octanol–water partition coefficient (Wildman–Crippen LogP) is 13.9. The van der Waals surface area contributed by atoms with E-state index in [0.29, 0.717) is 11.5 Å². The third-order valence-electron chi connectivity index (χ3n) is 9.90. The number of nitrogens with zero attached hydrogens (tertiary/aromatic N) is 2. The molecule has 0 aliphatic carbocycles. The fourth-order valence-corrected chi connectivity index (χ4v) is 7.32. The maximum atomic E-state index is 6.56. The van der Waals surface area contributed by atoms with E-state index >= 15 is 0 Å². The smallest absolute Gasteiger partial charge is 0.227 e. The molecule has 0 fully saturated rings. The Kier molecular flexibility index (Phi) is 7.43. The Hall–Kier alpha value is -7.17. The van der Waals surface area contributed by atoms with Gasteiger partial charge in [-0.25, -0.2) is 4.98 Å². The van der Waals surface area contributed by atoms with Crippen LogP contribution in [-0.4, -0.2) is 4.98 Å². The van der Waals surface area contributed by atoms with Crippen LogP contribution in [0.25, 0.3) is 77.9 Å². The molecule has 250 valence electrons. The minimum Gasteiger partial charge on any atom is -0.455 e. The molecule has 0 saturated heterocycles. The molecule has 0 atom stereocenters. The molecule has 0 spiro atoms. The molecule has 0 amide bonds. The molecule has 4 nitrogen and oxygen atoms in total. The van der Waals surface area contributed by atoms with E-state index in [2.05, 4.69) is 144 Å². The lowest BCUT2D eigenvalue weighted by Gasteiger charge is -2.26. The molecular formula is C49H32N2O2. The number of benzene rings is 8. The average Bonchev–Trinajstić information content (AvgIpc) is 3.83. The molecule has 8 aromatic carbocycles. The van der Waals surface area contributed by atoms with Crippen LogP contribution >= 0.6 is 0 Å².